The second kappa shape index (κ2) is 4.54. The van der Waals surface area contributed by atoms with Crippen LogP contribution in [0.4, 0.5) is 13.2 Å². The van der Waals surface area contributed by atoms with E-state index in [1.54, 1.807) is 13.8 Å². The SMILES string of the molecule is CCN(CC)C(=O)c1cn[nH]c1C(F)(F)F. The summed E-state index contributed by atoms with van der Waals surface area (Å²) in [6, 6.07) is 0. The van der Waals surface area contributed by atoms with E-state index in [9.17, 15) is 18.0 Å². The van der Waals surface area contributed by atoms with Crippen molar-refractivity contribution in [3.05, 3.63) is 17.5 Å². The summed E-state index contributed by atoms with van der Waals surface area (Å²) in [5, 5.41) is 5.08. The van der Waals surface area contributed by atoms with Crippen LogP contribution in [-0.4, -0.2) is 34.1 Å². The summed E-state index contributed by atoms with van der Waals surface area (Å²) in [6.45, 7) is 4.12. The number of rotatable bonds is 3. The minimum Gasteiger partial charge on any atom is -0.339 e. The van der Waals surface area contributed by atoms with E-state index >= 15 is 0 Å². The van der Waals surface area contributed by atoms with Gasteiger partial charge in [0, 0.05) is 13.1 Å². The Balaban J connectivity index is 3.05. The number of halogens is 3. The first-order valence-corrected chi connectivity index (χ1v) is 4.81. The summed E-state index contributed by atoms with van der Waals surface area (Å²) in [7, 11) is 0. The normalized spacial score (nSPS) is 11.6. The summed E-state index contributed by atoms with van der Waals surface area (Å²) in [5.74, 6) is -0.661. The Bertz CT molecular complexity index is 368. The molecule has 0 aliphatic carbocycles. The third kappa shape index (κ3) is 2.34. The molecule has 4 nitrogen and oxygen atoms in total. The molecule has 1 heterocycles. The van der Waals surface area contributed by atoms with Gasteiger partial charge in [-0.05, 0) is 13.8 Å². The number of alkyl halides is 3. The molecule has 0 radical (unpaired) electrons. The minimum atomic E-state index is -4.59. The number of nitrogens with zero attached hydrogens (tertiary/aromatic N) is 2. The maximum Gasteiger partial charge on any atom is 0.433 e. The second-order valence-corrected chi connectivity index (χ2v) is 3.13. The van der Waals surface area contributed by atoms with Crippen LogP contribution in [0.5, 0.6) is 0 Å². The topological polar surface area (TPSA) is 49.0 Å². The molecule has 7 heteroatoms. The molecule has 1 rings (SSSR count). The van der Waals surface area contributed by atoms with Crippen molar-refractivity contribution in [2.45, 2.75) is 20.0 Å². The van der Waals surface area contributed by atoms with Gasteiger partial charge in [0.25, 0.3) is 5.91 Å². The molecule has 1 amide bonds. The Kier molecular flexibility index (Phi) is 3.56. The molecule has 0 aliphatic rings. The molecule has 1 aromatic rings. The van der Waals surface area contributed by atoms with Gasteiger partial charge in [-0.3, -0.25) is 9.89 Å². The van der Waals surface area contributed by atoms with Gasteiger partial charge in [-0.1, -0.05) is 0 Å². The third-order valence-electron chi connectivity index (χ3n) is 2.20. The van der Waals surface area contributed by atoms with Crippen molar-refractivity contribution in [3.63, 3.8) is 0 Å². The van der Waals surface area contributed by atoms with Gasteiger partial charge in [-0.2, -0.15) is 18.3 Å². The Labute approximate surface area is 90.4 Å². The Morgan fingerprint density at radius 1 is 1.44 bits per heavy atom. The first-order valence-electron chi connectivity index (χ1n) is 4.81. The number of carbonyl (C=O) groups is 1. The van der Waals surface area contributed by atoms with Gasteiger partial charge in [0.2, 0.25) is 0 Å². The van der Waals surface area contributed by atoms with E-state index < -0.39 is 23.3 Å². The van der Waals surface area contributed by atoms with Crippen LogP contribution in [0.1, 0.15) is 29.9 Å². The molecule has 0 fully saturated rings. The standard InChI is InChI=1S/C9H12F3N3O/c1-3-15(4-2)8(16)6-5-13-14-7(6)9(10,11)12/h5H,3-4H2,1-2H3,(H,13,14). The molecule has 16 heavy (non-hydrogen) atoms. The summed E-state index contributed by atoms with van der Waals surface area (Å²) < 4.78 is 37.4. The van der Waals surface area contributed by atoms with Crippen molar-refractivity contribution in [1.82, 2.24) is 15.1 Å². The van der Waals surface area contributed by atoms with Crippen LogP contribution < -0.4 is 0 Å². The van der Waals surface area contributed by atoms with Crippen LogP contribution in [0.15, 0.2) is 6.20 Å². The molecule has 0 saturated heterocycles. The van der Waals surface area contributed by atoms with E-state index in [0.29, 0.717) is 13.1 Å². The molecule has 1 N–H and O–H groups in total. The van der Waals surface area contributed by atoms with Gasteiger partial charge >= 0.3 is 6.18 Å². The average Bonchev–Trinajstić information content (AvgIpc) is 2.67. The smallest absolute Gasteiger partial charge is 0.339 e. The van der Waals surface area contributed by atoms with Gasteiger partial charge in [-0.15, -0.1) is 0 Å². The Hall–Kier alpha value is -1.53. The van der Waals surface area contributed by atoms with E-state index in [-0.39, 0.29) is 0 Å². The van der Waals surface area contributed by atoms with Crippen molar-refractivity contribution < 1.29 is 18.0 Å². The van der Waals surface area contributed by atoms with E-state index in [0.717, 1.165) is 6.20 Å². The lowest BCUT2D eigenvalue weighted by Crippen LogP contribution is -2.31. The fourth-order valence-corrected chi connectivity index (χ4v) is 1.35. The summed E-state index contributed by atoms with van der Waals surface area (Å²) in [5.41, 5.74) is -1.53. The third-order valence-corrected chi connectivity index (χ3v) is 2.20. The first kappa shape index (κ1) is 12.5. The quantitative estimate of drug-likeness (QED) is 0.869. The zero-order valence-corrected chi connectivity index (χ0v) is 8.93. The van der Waals surface area contributed by atoms with Crippen molar-refractivity contribution in [1.29, 1.82) is 0 Å². The van der Waals surface area contributed by atoms with Gasteiger partial charge in [0.1, 0.15) is 0 Å². The molecule has 0 bridgehead atoms. The van der Waals surface area contributed by atoms with Crippen molar-refractivity contribution in [3.8, 4) is 0 Å². The van der Waals surface area contributed by atoms with Crippen LogP contribution in [-0.2, 0) is 6.18 Å². The molecular formula is C9H12F3N3O. The van der Waals surface area contributed by atoms with Gasteiger partial charge in [0.05, 0.1) is 11.8 Å². The highest BCUT2D eigenvalue weighted by Crippen LogP contribution is 2.30. The molecule has 1 aromatic heterocycles. The second-order valence-electron chi connectivity index (χ2n) is 3.13. The Morgan fingerprint density at radius 3 is 2.44 bits per heavy atom. The van der Waals surface area contributed by atoms with Crippen LogP contribution in [0.3, 0.4) is 0 Å². The number of aromatic amines is 1. The zero-order chi connectivity index (χ0) is 12.3. The molecule has 0 aliphatic heterocycles. The van der Waals surface area contributed by atoms with Gasteiger partial charge < -0.3 is 4.90 Å². The summed E-state index contributed by atoms with van der Waals surface area (Å²) in [4.78, 5) is 13.0. The van der Waals surface area contributed by atoms with Crippen molar-refractivity contribution >= 4 is 5.91 Å². The van der Waals surface area contributed by atoms with Crippen molar-refractivity contribution in [2.75, 3.05) is 13.1 Å². The fraction of sp³-hybridized carbons (Fsp3) is 0.556. The molecule has 0 unspecified atom stereocenters. The number of hydrogen-bond donors (Lipinski definition) is 1. The van der Waals surface area contributed by atoms with Crippen molar-refractivity contribution in [2.24, 2.45) is 0 Å². The number of nitrogens with one attached hydrogen (secondary N) is 1. The van der Waals surface area contributed by atoms with E-state index in [4.69, 9.17) is 0 Å². The molecule has 90 valence electrons. The predicted molar refractivity (Wildman–Crippen MR) is 50.8 cm³/mol. The fourth-order valence-electron chi connectivity index (χ4n) is 1.35. The van der Waals surface area contributed by atoms with Crippen LogP contribution >= 0.6 is 0 Å². The lowest BCUT2D eigenvalue weighted by atomic mass is 10.2. The van der Waals surface area contributed by atoms with Gasteiger partial charge in [0.15, 0.2) is 5.69 Å². The maximum absolute atomic E-state index is 12.5. The highest BCUT2D eigenvalue weighted by Gasteiger charge is 2.38. The lowest BCUT2D eigenvalue weighted by molar-refractivity contribution is -0.141. The number of hydrogen-bond acceptors (Lipinski definition) is 2. The molecule has 0 spiro atoms. The predicted octanol–water partition coefficient (Wildman–Crippen LogP) is 1.91. The van der Waals surface area contributed by atoms with Crippen LogP contribution in [0.25, 0.3) is 0 Å². The monoisotopic (exact) mass is 235 g/mol. The highest BCUT2D eigenvalue weighted by molar-refractivity contribution is 5.95. The van der Waals surface area contributed by atoms with E-state index in [1.165, 1.54) is 4.90 Å². The summed E-state index contributed by atoms with van der Waals surface area (Å²) >= 11 is 0. The lowest BCUT2D eigenvalue weighted by Gasteiger charge is -2.18. The van der Waals surface area contributed by atoms with E-state index in [1.807, 2.05) is 5.10 Å². The molecule has 0 aromatic carbocycles. The maximum atomic E-state index is 12.5. The first-order chi connectivity index (χ1) is 7.41. The summed E-state index contributed by atoms with van der Waals surface area (Å²) in [6.07, 6.45) is -3.68. The molecule has 0 atom stereocenters. The van der Waals surface area contributed by atoms with Gasteiger partial charge in [-0.25, -0.2) is 0 Å². The van der Waals surface area contributed by atoms with Crippen LogP contribution in [0, 0.1) is 0 Å². The number of amides is 1. The number of H-pyrrole nitrogens is 1. The molecule has 0 saturated carbocycles. The number of aromatic nitrogens is 2. The number of carbonyl (C=O) groups excluding carboxylic acids is 1. The Morgan fingerprint density at radius 2 is 2.00 bits per heavy atom. The molecular weight excluding hydrogens is 223 g/mol. The average molecular weight is 235 g/mol. The van der Waals surface area contributed by atoms with Crippen LogP contribution in [0.2, 0.25) is 0 Å². The zero-order valence-electron chi connectivity index (χ0n) is 8.93. The highest BCUT2D eigenvalue weighted by atomic mass is 19.4. The largest absolute Gasteiger partial charge is 0.433 e. The minimum absolute atomic E-state index is 0.359. The van der Waals surface area contributed by atoms with E-state index in [2.05, 4.69) is 5.10 Å².